The minimum atomic E-state index is -0.504. The lowest BCUT2D eigenvalue weighted by molar-refractivity contribution is 0.654. The van der Waals surface area contributed by atoms with Crippen LogP contribution in [-0.4, -0.2) is 24.1 Å². The maximum atomic E-state index is 4.72. The molecule has 0 aromatic heterocycles. The molecule has 0 aliphatic carbocycles. The van der Waals surface area contributed by atoms with E-state index in [1.165, 1.54) is 36.0 Å². The average molecular weight is 422 g/mol. The summed E-state index contributed by atoms with van der Waals surface area (Å²) < 4.78 is 7.89. The van der Waals surface area contributed by atoms with Crippen LogP contribution in [0.1, 0.15) is 36.0 Å². The Balaban J connectivity index is 1.63. The smallest absolute Gasteiger partial charge is 0.183 e. The molecule has 2 aromatic carbocycles. The molecule has 1 heterocycles. The largest absolute Gasteiger partial charge is 0.391 e. The van der Waals surface area contributed by atoms with Crippen molar-refractivity contribution in [1.82, 2.24) is 10.0 Å². The third-order valence-corrected chi connectivity index (χ3v) is 5.85. The van der Waals surface area contributed by atoms with Crippen molar-refractivity contribution in [3.8, 4) is 0 Å². The van der Waals surface area contributed by atoms with E-state index in [0.29, 0.717) is 6.54 Å². The lowest BCUT2D eigenvalue weighted by Gasteiger charge is -2.13. The van der Waals surface area contributed by atoms with Gasteiger partial charge in [-0.1, -0.05) is 55.5 Å². The number of aryl methyl sites for hydroxylation is 1. The summed E-state index contributed by atoms with van der Waals surface area (Å²) in [5, 5.41) is 6.64. The molecule has 0 bridgehead atoms. The van der Waals surface area contributed by atoms with Crippen LogP contribution in [0.25, 0.3) is 0 Å². The fraction of sp³-hybridized carbons (Fsp3) is 0.292. The molecule has 3 N–H and O–H groups in total. The second-order valence-corrected chi connectivity index (χ2v) is 8.36. The SMILES string of the molecule is C=CNCCCCCc1cccc(NC2=NS(=C)NC2=NCc2ccccc2)c1C. The number of unbranched alkanes of at least 4 members (excludes halogenated alkanes) is 2. The summed E-state index contributed by atoms with van der Waals surface area (Å²) in [6.07, 6.45) is 6.38. The third kappa shape index (κ3) is 6.32. The van der Waals surface area contributed by atoms with Gasteiger partial charge in [-0.25, -0.2) is 0 Å². The Hall–Kier alpha value is -2.86. The molecule has 1 unspecified atom stereocenters. The molecule has 6 heteroatoms. The van der Waals surface area contributed by atoms with Gasteiger partial charge in [0.2, 0.25) is 0 Å². The van der Waals surface area contributed by atoms with E-state index >= 15 is 0 Å². The fourth-order valence-electron chi connectivity index (χ4n) is 3.32. The van der Waals surface area contributed by atoms with Gasteiger partial charge in [-0.2, -0.15) is 4.40 Å². The van der Waals surface area contributed by atoms with E-state index in [9.17, 15) is 0 Å². The molecule has 0 radical (unpaired) electrons. The number of aliphatic imine (C=N–C) groups is 1. The summed E-state index contributed by atoms with van der Waals surface area (Å²) in [4.78, 5) is 4.72. The molecule has 5 nitrogen and oxygen atoms in total. The van der Waals surface area contributed by atoms with E-state index < -0.39 is 10.9 Å². The molecule has 158 valence electrons. The minimum Gasteiger partial charge on any atom is -0.391 e. The number of amidine groups is 2. The Morgan fingerprint density at radius 1 is 1.10 bits per heavy atom. The van der Waals surface area contributed by atoms with Gasteiger partial charge in [0, 0.05) is 23.1 Å². The summed E-state index contributed by atoms with van der Waals surface area (Å²) >= 11 is 0. The Labute approximate surface area is 182 Å². The first kappa shape index (κ1) is 21.8. The van der Waals surface area contributed by atoms with Crippen molar-refractivity contribution >= 4 is 34.1 Å². The summed E-state index contributed by atoms with van der Waals surface area (Å²) in [5.41, 5.74) is 4.89. The first-order valence-electron chi connectivity index (χ1n) is 10.4. The third-order valence-electron chi connectivity index (χ3n) is 5.01. The van der Waals surface area contributed by atoms with Crippen molar-refractivity contribution in [2.75, 3.05) is 11.9 Å². The maximum absolute atomic E-state index is 4.72. The number of benzene rings is 2. The second-order valence-electron chi connectivity index (χ2n) is 7.24. The van der Waals surface area contributed by atoms with Gasteiger partial charge >= 0.3 is 0 Å². The molecule has 30 heavy (non-hydrogen) atoms. The highest BCUT2D eigenvalue weighted by Crippen LogP contribution is 2.23. The Kier molecular flexibility index (Phi) is 8.27. The number of nitrogens with one attached hydrogen (secondary N) is 3. The molecule has 3 rings (SSSR count). The topological polar surface area (TPSA) is 60.8 Å². The van der Waals surface area contributed by atoms with Gasteiger partial charge in [0.05, 0.1) is 6.54 Å². The van der Waals surface area contributed by atoms with Crippen molar-refractivity contribution in [3.05, 3.63) is 78.0 Å². The highest BCUT2D eigenvalue weighted by atomic mass is 32.2. The molecular weight excluding hydrogens is 390 g/mol. The van der Waals surface area contributed by atoms with Crippen LogP contribution in [-0.2, 0) is 13.0 Å². The maximum Gasteiger partial charge on any atom is 0.183 e. The van der Waals surface area contributed by atoms with Gasteiger partial charge in [-0.15, -0.1) is 0 Å². The average Bonchev–Trinajstić information content (AvgIpc) is 3.11. The summed E-state index contributed by atoms with van der Waals surface area (Å²) in [7, 11) is -0.504. The number of anilines is 1. The van der Waals surface area contributed by atoms with Crippen LogP contribution < -0.4 is 15.4 Å². The highest BCUT2D eigenvalue weighted by molar-refractivity contribution is 8.12. The molecule has 0 saturated heterocycles. The molecule has 0 spiro atoms. The zero-order chi connectivity index (χ0) is 21.2. The van der Waals surface area contributed by atoms with E-state index in [1.54, 1.807) is 6.20 Å². The minimum absolute atomic E-state index is 0.504. The molecule has 1 aliphatic rings. The Morgan fingerprint density at radius 2 is 1.93 bits per heavy atom. The lowest BCUT2D eigenvalue weighted by Crippen LogP contribution is -2.27. The van der Waals surface area contributed by atoms with E-state index in [1.807, 2.05) is 18.2 Å². The molecular formula is C24H31N5S. The fourth-order valence-corrected chi connectivity index (χ4v) is 4.10. The normalized spacial score (nSPS) is 16.8. The number of hydrogen-bond acceptors (Lipinski definition) is 4. The van der Waals surface area contributed by atoms with Crippen molar-refractivity contribution in [3.63, 3.8) is 0 Å². The molecule has 0 amide bonds. The van der Waals surface area contributed by atoms with E-state index in [4.69, 9.17) is 4.99 Å². The van der Waals surface area contributed by atoms with E-state index in [0.717, 1.165) is 30.3 Å². The van der Waals surface area contributed by atoms with Crippen molar-refractivity contribution in [1.29, 1.82) is 0 Å². The zero-order valence-corrected chi connectivity index (χ0v) is 18.5. The van der Waals surface area contributed by atoms with Crippen molar-refractivity contribution in [2.45, 2.75) is 39.2 Å². The lowest BCUT2D eigenvalue weighted by atomic mass is 10.0. The number of rotatable bonds is 10. The van der Waals surface area contributed by atoms with Crippen molar-refractivity contribution in [2.24, 2.45) is 9.39 Å². The molecule has 0 saturated carbocycles. The monoisotopic (exact) mass is 421 g/mol. The Bertz CT molecular complexity index is 934. The first-order chi connectivity index (χ1) is 14.7. The van der Waals surface area contributed by atoms with Gasteiger partial charge in [-0.05, 0) is 61.0 Å². The van der Waals surface area contributed by atoms with Gasteiger partial charge in [0.25, 0.3) is 0 Å². The molecule has 1 atom stereocenters. The number of nitrogens with zero attached hydrogens (tertiary/aromatic N) is 2. The quantitative estimate of drug-likeness (QED) is 0.374. The van der Waals surface area contributed by atoms with Crippen LogP contribution in [0.15, 0.2) is 70.7 Å². The van der Waals surface area contributed by atoms with Crippen LogP contribution in [0, 0.1) is 6.92 Å². The van der Waals surface area contributed by atoms with Crippen LogP contribution in [0.4, 0.5) is 5.69 Å². The van der Waals surface area contributed by atoms with E-state index in [2.05, 4.69) is 69.5 Å². The molecule has 2 aromatic rings. The van der Waals surface area contributed by atoms with Crippen LogP contribution >= 0.6 is 10.9 Å². The standard InChI is InChI=1S/C24H31N5S/c1-4-25-17-10-6-9-14-21-15-11-16-22(19(21)2)27-24-23(28-30(3)29-24)26-18-20-12-7-5-8-13-20/h4-5,7-8,11-13,15-16,25H,1,3,6,9-10,14,17-18H2,2H3,(H,26,28)(H,27,29). The summed E-state index contributed by atoms with van der Waals surface area (Å²) in [6.45, 7) is 7.46. The first-order valence-corrected chi connectivity index (χ1v) is 11.7. The zero-order valence-electron chi connectivity index (χ0n) is 17.7. The van der Waals surface area contributed by atoms with Gasteiger partial charge in [0.1, 0.15) is 0 Å². The predicted octanol–water partition coefficient (Wildman–Crippen LogP) is 4.98. The van der Waals surface area contributed by atoms with Crippen molar-refractivity contribution < 1.29 is 0 Å². The van der Waals surface area contributed by atoms with Crippen LogP contribution in [0.5, 0.6) is 0 Å². The second kappa shape index (κ2) is 11.4. The van der Waals surface area contributed by atoms with Gasteiger partial charge in [-0.3, -0.25) is 9.71 Å². The van der Waals surface area contributed by atoms with Crippen LogP contribution in [0.3, 0.4) is 0 Å². The predicted molar refractivity (Wildman–Crippen MR) is 133 cm³/mol. The number of hydrogen-bond donors (Lipinski definition) is 3. The Morgan fingerprint density at radius 3 is 2.73 bits per heavy atom. The van der Waals surface area contributed by atoms with Crippen LogP contribution in [0.2, 0.25) is 0 Å². The highest BCUT2D eigenvalue weighted by Gasteiger charge is 2.18. The molecule has 0 fully saturated rings. The van der Waals surface area contributed by atoms with E-state index in [-0.39, 0.29) is 0 Å². The summed E-state index contributed by atoms with van der Waals surface area (Å²) in [5.74, 6) is 5.58. The summed E-state index contributed by atoms with van der Waals surface area (Å²) in [6, 6.07) is 16.7. The molecule has 1 aliphatic heterocycles. The van der Waals surface area contributed by atoms with Gasteiger partial charge < -0.3 is 10.6 Å². The van der Waals surface area contributed by atoms with Gasteiger partial charge in [0.15, 0.2) is 11.7 Å².